The first-order chi connectivity index (χ1) is 6.09. The minimum Gasteiger partial charge on any atom is -0.487 e. The molecule has 0 bridgehead atoms. The third kappa shape index (κ3) is 1.51. The summed E-state index contributed by atoms with van der Waals surface area (Å²) < 4.78 is 7.59. The Hall–Kier alpha value is -0.0600. The van der Waals surface area contributed by atoms with Crippen LogP contribution in [0.2, 0.25) is 0 Å². The SMILES string of the molecule is CC1Oc2c(Br)cc(Br)cc2C1N. The van der Waals surface area contributed by atoms with Gasteiger partial charge in [-0.3, -0.25) is 0 Å². The molecule has 0 radical (unpaired) electrons. The average molecular weight is 307 g/mol. The highest BCUT2D eigenvalue weighted by Gasteiger charge is 2.29. The summed E-state index contributed by atoms with van der Waals surface area (Å²) in [4.78, 5) is 0. The number of benzene rings is 1. The zero-order valence-corrected chi connectivity index (χ0v) is 10.2. The van der Waals surface area contributed by atoms with Gasteiger partial charge in [-0.1, -0.05) is 15.9 Å². The number of nitrogens with two attached hydrogens (primary N) is 1. The fourth-order valence-electron chi connectivity index (χ4n) is 1.46. The fourth-order valence-corrected chi connectivity index (χ4v) is 2.82. The zero-order chi connectivity index (χ0) is 9.59. The van der Waals surface area contributed by atoms with Crippen LogP contribution >= 0.6 is 31.9 Å². The molecule has 1 aliphatic rings. The molecule has 1 aromatic carbocycles. The van der Waals surface area contributed by atoms with Gasteiger partial charge in [0, 0.05) is 10.0 Å². The van der Waals surface area contributed by atoms with Crippen molar-refractivity contribution in [3.8, 4) is 5.75 Å². The van der Waals surface area contributed by atoms with Gasteiger partial charge >= 0.3 is 0 Å². The van der Waals surface area contributed by atoms with E-state index in [4.69, 9.17) is 10.5 Å². The van der Waals surface area contributed by atoms with E-state index in [2.05, 4.69) is 31.9 Å². The van der Waals surface area contributed by atoms with E-state index in [0.717, 1.165) is 20.3 Å². The van der Waals surface area contributed by atoms with Crippen LogP contribution in [0.1, 0.15) is 18.5 Å². The van der Waals surface area contributed by atoms with Crippen molar-refractivity contribution in [1.82, 2.24) is 0 Å². The standard InChI is InChI=1S/C9H9Br2NO/c1-4-8(12)6-2-5(10)3-7(11)9(6)13-4/h2-4,8H,12H2,1H3. The van der Waals surface area contributed by atoms with E-state index >= 15 is 0 Å². The average Bonchev–Trinajstić information content (AvgIpc) is 2.32. The summed E-state index contributed by atoms with van der Waals surface area (Å²) in [5.74, 6) is 0.878. The van der Waals surface area contributed by atoms with Crippen molar-refractivity contribution >= 4 is 31.9 Å². The van der Waals surface area contributed by atoms with E-state index in [1.807, 2.05) is 19.1 Å². The van der Waals surface area contributed by atoms with Crippen LogP contribution in [0.15, 0.2) is 21.1 Å². The lowest BCUT2D eigenvalue weighted by Crippen LogP contribution is -2.21. The second kappa shape index (κ2) is 3.26. The first-order valence-corrected chi connectivity index (χ1v) is 5.59. The van der Waals surface area contributed by atoms with Crippen LogP contribution in [0.3, 0.4) is 0 Å². The molecule has 0 saturated heterocycles. The molecule has 1 heterocycles. The van der Waals surface area contributed by atoms with Gasteiger partial charge < -0.3 is 10.5 Å². The lowest BCUT2D eigenvalue weighted by Gasteiger charge is -2.07. The minimum atomic E-state index is -0.0243. The molecule has 2 N–H and O–H groups in total. The van der Waals surface area contributed by atoms with Gasteiger partial charge in [0.2, 0.25) is 0 Å². The van der Waals surface area contributed by atoms with Crippen LogP contribution in [0.5, 0.6) is 5.75 Å². The molecule has 4 heteroatoms. The predicted octanol–water partition coefficient (Wildman–Crippen LogP) is 2.99. The van der Waals surface area contributed by atoms with E-state index in [0.29, 0.717) is 0 Å². The topological polar surface area (TPSA) is 35.2 Å². The molecule has 2 unspecified atom stereocenters. The van der Waals surface area contributed by atoms with E-state index < -0.39 is 0 Å². The summed E-state index contributed by atoms with van der Waals surface area (Å²) >= 11 is 6.86. The Morgan fingerprint density at radius 1 is 1.38 bits per heavy atom. The third-order valence-electron chi connectivity index (χ3n) is 2.21. The van der Waals surface area contributed by atoms with Crippen LogP contribution in [0.4, 0.5) is 0 Å². The van der Waals surface area contributed by atoms with Crippen LogP contribution in [-0.4, -0.2) is 6.10 Å². The van der Waals surface area contributed by atoms with Crippen LogP contribution in [-0.2, 0) is 0 Å². The Kier molecular flexibility index (Phi) is 2.38. The molecule has 1 aromatic rings. The molecule has 0 aromatic heterocycles. The summed E-state index contributed by atoms with van der Waals surface area (Å²) in [7, 11) is 0. The molecule has 2 rings (SSSR count). The molecule has 0 amide bonds. The number of rotatable bonds is 0. The summed E-state index contributed by atoms with van der Waals surface area (Å²) in [5, 5.41) is 0. The van der Waals surface area contributed by atoms with Gasteiger partial charge in [-0.15, -0.1) is 0 Å². The molecule has 0 saturated carbocycles. The van der Waals surface area contributed by atoms with Gasteiger partial charge in [0.1, 0.15) is 11.9 Å². The highest BCUT2D eigenvalue weighted by atomic mass is 79.9. The Morgan fingerprint density at radius 2 is 2.08 bits per heavy atom. The van der Waals surface area contributed by atoms with Crippen molar-refractivity contribution in [2.45, 2.75) is 19.1 Å². The number of hydrogen-bond acceptors (Lipinski definition) is 2. The molecule has 0 aliphatic carbocycles. The van der Waals surface area contributed by atoms with Crippen molar-refractivity contribution in [2.75, 3.05) is 0 Å². The molecule has 2 nitrogen and oxygen atoms in total. The fraction of sp³-hybridized carbons (Fsp3) is 0.333. The molecule has 0 fully saturated rings. The van der Waals surface area contributed by atoms with Gasteiger partial charge in [0.05, 0.1) is 10.5 Å². The van der Waals surface area contributed by atoms with Crippen molar-refractivity contribution in [2.24, 2.45) is 5.73 Å². The van der Waals surface area contributed by atoms with Crippen molar-refractivity contribution in [3.63, 3.8) is 0 Å². The Balaban J connectivity index is 2.57. The third-order valence-corrected chi connectivity index (χ3v) is 3.25. The number of hydrogen-bond donors (Lipinski definition) is 1. The maximum Gasteiger partial charge on any atom is 0.138 e. The summed E-state index contributed by atoms with van der Waals surface area (Å²) in [5.41, 5.74) is 7.02. The molecule has 13 heavy (non-hydrogen) atoms. The smallest absolute Gasteiger partial charge is 0.138 e. The summed E-state index contributed by atoms with van der Waals surface area (Å²) in [6, 6.07) is 3.95. The maximum absolute atomic E-state index is 5.96. The van der Waals surface area contributed by atoms with E-state index in [9.17, 15) is 0 Å². The number of fused-ring (bicyclic) bond motifs is 1. The van der Waals surface area contributed by atoms with Gasteiger partial charge in [-0.2, -0.15) is 0 Å². The van der Waals surface area contributed by atoms with Gasteiger partial charge in [0.25, 0.3) is 0 Å². The predicted molar refractivity (Wildman–Crippen MR) is 58.9 cm³/mol. The van der Waals surface area contributed by atoms with Gasteiger partial charge in [0.15, 0.2) is 0 Å². The maximum atomic E-state index is 5.96. The first-order valence-electron chi connectivity index (χ1n) is 4.01. The van der Waals surface area contributed by atoms with Crippen molar-refractivity contribution in [3.05, 3.63) is 26.6 Å². The van der Waals surface area contributed by atoms with Crippen molar-refractivity contribution < 1.29 is 4.74 Å². The first kappa shape index (κ1) is 9.49. The van der Waals surface area contributed by atoms with Crippen LogP contribution in [0, 0.1) is 0 Å². The lowest BCUT2D eigenvalue weighted by molar-refractivity contribution is 0.227. The Labute approximate surface area is 93.7 Å². The minimum absolute atomic E-state index is 0.0243. The van der Waals surface area contributed by atoms with Crippen molar-refractivity contribution in [1.29, 1.82) is 0 Å². The summed E-state index contributed by atoms with van der Waals surface area (Å²) in [6.07, 6.45) is 0.0561. The van der Waals surface area contributed by atoms with Gasteiger partial charge in [-0.05, 0) is 35.0 Å². The second-order valence-corrected chi connectivity index (χ2v) is 4.92. The molecule has 0 spiro atoms. The molecular formula is C9H9Br2NO. The van der Waals surface area contributed by atoms with E-state index in [-0.39, 0.29) is 12.1 Å². The normalized spacial score (nSPS) is 25.5. The highest BCUT2D eigenvalue weighted by Crippen LogP contribution is 2.42. The molecule has 70 valence electrons. The molecule has 1 aliphatic heterocycles. The Morgan fingerprint density at radius 3 is 2.77 bits per heavy atom. The van der Waals surface area contributed by atoms with Crippen LogP contribution in [0.25, 0.3) is 0 Å². The highest BCUT2D eigenvalue weighted by molar-refractivity contribution is 9.11. The summed E-state index contributed by atoms with van der Waals surface area (Å²) in [6.45, 7) is 1.98. The van der Waals surface area contributed by atoms with E-state index in [1.54, 1.807) is 0 Å². The van der Waals surface area contributed by atoms with E-state index in [1.165, 1.54) is 0 Å². The monoisotopic (exact) mass is 305 g/mol. The largest absolute Gasteiger partial charge is 0.487 e. The molecular weight excluding hydrogens is 298 g/mol. The van der Waals surface area contributed by atoms with Gasteiger partial charge in [-0.25, -0.2) is 0 Å². The number of halogens is 2. The number of ether oxygens (including phenoxy) is 1. The second-order valence-electron chi connectivity index (χ2n) is 3.15. The Bertz CT molecular complexity index is 354. The quantitative estimate of drug-likeness (QED) is 0.800. The molecule has 2 atom stereocenters. The zero-order valence-electron chi connectivity index (χ0n) is 7.05. The van der Waals surface area contributed by atoms with Crippen LogP contribution < -0.4 is 10.5 Å². The lowest BCUT2D eigenvalue weighted by atomic mass is 10.1.